The van der Waals surface area contributed by atoms with Gasteiger partial charge in [-0.1, -0.05) is 0 Å². The first-order valence-electron chi connectivity index (χ1n) is 6.88. The average molecular weight is 316 g/mol. The Kier molecular flexibility index (Phi) is 4.39. The predicted molar refractivity (Wildman–Crippen MR) is 87.4 cm³/mol. The van der Waals surface area contributed by atoms with Crippen molar-refractivity contribution in [3.8, 4) is 11.5 Å². The Morgan fingerprint density at radius 2 is 1.91 bits per heavy atom. The summed E-state index contributed by atoms with van der Waals surface area (Å²) in [6.07, 6.45) is 0.434. The third-order valence-corrected chi connectivity index (χ3v) is 4.15. The second-order valence-electron chi connectivity index (χ2n) is 4.78. The lowest BCUT2D eigenvalue weighted by atomic mass is 10.2. The number of nitrogens with two attached hydrogens (primary N) is 1. The van der Waals surface area contributed by atoms with Crippen LogP contribution in [0.1, 0.15) is 6.42 Å². The number of nitrogen functional groups attached to an aromatic ring is 1. The van der Waals surface area contributed by atoms with E-state index in [2.05, 4.69) is 5.32 Å². The maximum atomic E-state index is 11.9. The van der Waals surface area contributed by atoms with E-state index in [4.69, 9.17) is 15.2 Å². The molecule has 114 valence electrons. The zero-order valence-electron chi connectivity index (χ0n) is 11.9. The molecule has 1 aliphatic rings. The molecule has 22 heavy (non-hydrogen) atoms. The van der Waals surface area contributed by atoms with Crippen LogP contribution in [-0.4, -0.2) is 18.5 Å². The van der Waals surface area contributed by atoms with Crippen LogP contribution in [0.5, 0.6) is 11.5 Å². The lowest BCUT2D eigenvalue weighted by Crippen LogP contribution is -2.12. The molecule has 0 atom stereocenters. The molecule has 6 heteroatoms. The van der Waals surface area contributed by atoms with Crippen LogP contribution in [0.3, 0.4) is 0 Å². The van der Waals surface area contributed by atoms with Crippen LogP contribution in [0.2, 0.25) is 0 Å². The molecular weight excluding hydrogens is 300 g/mol. The van der Waals surface area contributed by atoms with E-state index < -0.39 is 0 Å². The van der Waals surface area contributed by atoms with Crippen molar-refractivity contribution >= 4 is 29.0 Å². The highest BCUT2D eigenvalue weighted by molar-refractivity contribution is 7.99. The smallest absolute Gasteiger partial charge is 0.231 e. The molecule has 3 rings (SSSR count). The lowest BCUT2D eigenvalue weighted by Gasteiger charge is -2.06. The van der Waals surface area contributed by atoms with Crippen LogP contribution < -0.4 is 20.5 Å². The van der Waals surface area contributed by atoms with E-state index in [1.807, 2.05) is 24.3 Å². The van der Waals surface area contributed by atoms with Gasteiger partial charge in [0, 0.05) is 34.5 Å². The number of hydrogen-bond donors (Lipinski definition) is 2. The SMILES string of the molecule is Nc1ccc(SCCC(=O)Nc2ccc3c(c2)OCO3)cc1. The Bertz CT molecular complexity index is 674. The minimum Gasteiger partial charge on any atom is -0.454 e. The quantitative estimate of drug-likeness (QED) is 0.655. The number of benzene rings is 2. The predicted octanol–water partition coefficient (Wildman–Crippen LogP) is 3.12. The highest BCUT2D eigenvalue weighted by atomic mass is 32.2. The summed E-state index contributed by atoms with van der Waals surface area (Å²) < 4.78 is 10.5. The van der Waals surface area contributed by atoms with Crippen molar-refractivity contribution < 1.29 is 14.3 Å². The van der Waals surface area contributed by atoms with Crippen molar-refractivity contribution in [1.82, 2.24) is 0 Å². The molecule has 2 aromatic rings. The average Bonchev–Trinajstić information content (AvgIpc) is 2.97. The van der Waals surface area contributed by atoms with Gasteiger partial charge < -0.3 is 20.5 Å². The fourth-order valence-corrected chi connectivity index (χ4v) is 2.88. The number of fused-ring (bicyclic) bond motifs is 1. The van der Waals surface area contributed by atoms with Crippen molar-refractivity contribution in [3.63, 3.8) is 0 Å². The zero-order valence-corrected chi connectivity index (χ0v) is 12.7. The van der Waals surface area contributed by atoms with Crippen LogP contribution in [0.25, 0.3) is 0 Å². The Morgan fingerprint density at radius 1 is 1.14 bits per heavy atom. The number of rotatable bonds is 5. The van der Waals surface area contributed by atoms with Crippen LogP contribution in [-0.2, 0) is 4.79 Å². The largest absolute Gasteiger partial charge is 0.454 e. The van der Waals surface area contributed by atoms with Gasteiger partial charge in [0.15, 0.2) is 11.5 Å². The number of anilines is 2. The highest BCUT2D eigenvalue weighted by Gasteiger charge is 2.14. The van der Waals surface area contributed by atoms with Gasteiger partial charge in [-0.3, -0.25) is 4.79 Å². The number of ether oxygens (including phenoxy) is 2. The Morgan fingerprint density at radius 3 is 2.73 bits per heavy atom. The fourth-order valence-electron chi connectivity index (χ4n) is 2.02. The van der Waals surface area contributed by atoms with Gasteiger partial charge in [-0.05, 0) is 36.4 Å². The summed E-state index contributed by atoms with van der Waals surface area (Å²) in [6.45, 7) is 0.227. The summed E-state index contributed by atoms with van der Waals surface area (Å²) in [5.41, 5.74) is 7.09. The number of carbonyl (C=O) groups excluding carboxylic acids is 1. The van der Waals surface area contributed by atoms with Gasteiger partial charge in [-0.15, -0.1) is 11.8 Å². The number of nitrogens with one attached hydrogen (secondary N) is 1. The molecule has 1 heterocycles. The number of hydrogen-bond acceptors (Lipinski definition) is 5. The third kappa shape index (κ3) is 3.65. The van der Waals surface area contributed by atoms with E-state index in [1.165, 1.54) is 0 Å². The van der Waals surface area contributed by atoms with Crippen molar-refractivity contribution in [1.29, 1.82) is 0 Å². The zero-order chi connectivity index (χ0) is 15.4. The summed E-state index contributed by atoms with van der Waals surface area (Å²) in [4.78, 5) is 13.0. The van der Waals surface area contributed by atoms with Gasteiger partial charge in [-0.2, -0.15) is 0 Å². The molecule has 1 aliphatic heterocycles. The van der Waals surface area contributed by atoms with E-state index in [0.717, 1.165) is 10.6 Å². The molecule has 0 spiro atoms. The summed E-state index contributed by atoms with van der Waals surface area (Å²) in [7, 11) is 0. The van der Waals surface area contributed by atoms with Gasteiger partial charge in [0.25, 0.3) is 0 Å². The molecule has 3 N–H and O–H groups in total. The van der Waals surface area contributed by atoms with Crippen molar-refractivity contribution in [2.45, 2.75) is 11.3 Å². The van der Waals surface area contributed by atoms with Crippen molar-refractivity contribution in [3.05, 3.63) is 42.5 Å². The molecule has 0 bridgehead atoms. The summed E-state index contributed by atoms with van der Waals surface area (Å²) >= 11 is 1.63. The minimum atomic E-state index is -0.0261. The Balaban J connectivity index is 1.47. The van der Waals surface area contributed by atoms with E-state index in [9.17, 15) is 4.79 Å². The van der Waals surface area contributed by atoms with Crippen molar-refractivity contribution in [2.75, 3.05) is 23.6 Å². The topological polar surface area (TPSA) is 73.6 Å². The molecule has 5 nitrogen and oxygen atoms in total. The summed E-state index contributed by atoms with van der Waals surface area (Å²) in [5, 5.41) is 2.86. The molecule has 0 unspecified atom stereocenters. The molecule has 0 aliphatic carbocycles. The second kappa shape index (κ2) is 6.62. The number of thioether (sulfide) groups is 1. The highest BCUT2D eigenvalue weighted by Crippen LogP contribution is 2.34. The van der Waals surface area contributed by atoms with Gasteiger partial charge in [0.1, 0.15) is 0 Å². The van der Waals surface area contributed by atoms with Crippen molar-refractivity contribution in [2.24, 2.45) is 0 Å². The van der Waals surface area contributed by atoms with Gasteiger partial charge in [-0.25, -0.2) is 0 Å². The summed E-state index contributed by atoms with van der Waals surface area (Å²) in [5.74, 6) is 2.05. The van der Waals surface area contributed by atoms with Gasteiger partial charge in [0.2, 0.25) is 12.7 Å². The molecular formula is C16H16N2O3S. The van der Waals surface area contributed by atoms with E-state index in [0.29, 0.717) is 29.4 Å². The summed E-state index contributed by atoms with van der Waals surface area (Å²) in [6, 6.07) is 13.0. The van der Waals surface area contributed by atoms with Gasteiger partial charge >= 0.3 is 0 Å². The molecule has 0 saturated heterocycles. The molecule has 0 fully saturated rings. The first kappa shape index (κ1) is 14.6. The minimum absolute atomic E-state index is 0.0261. The van der Waals surface area contributed by atoms with Gasteiger partial charge in [0.05, 0.1) is 0 Å². The van der Waals surface area contributed by atoms with Crippen LogP contribution in [0.4, 0.5) is 11.4 Å². The maximum Gasteiger partial charge on any atom is 0.231 e. The first-order valence-corrected chi connectivity index (χ1v) is 7.87. The standard InChI is InChI=1S/C16H16N2O3S/c17-11-1-4-13(5-2-11)22-8-7-16(19)18-12-3-6-14-15(9-12)21-10-20-14/h1-6,9H,7-8,10,17H2,(H,18,19). The molecule has 1 amide bonds. The molecule has 0 aromatic heterocycles. The van der Waals surface area contributed by atoms with Crippen LogP contribution >= 0.6 is 11.8 Å². The molecule has 0 saturated carbocycles. The number of carbonyl (C=O) groups is 1. The van der Waals surface area contributed by atoms with Crippen LogP contribution in [0, 0.1) is 0 Å². The van der Waals surface area contributed by atoms with E-state index >= 15 is 0 Å². The van der Waals surface area contributed by atoms with E-state index in [1.54, 1.807) is 30.0 Å². The molecule has 0 radical (unpaired) electrons. The maximum absolute atomic E-state index is 11.9. The normalized spacial score (nSPS) is 12.2. The Labute approximate surface area is 132 Å². The number of amides is 1. The lowest BCUT2D eigenvalue weighted by molar-refractivity contribution is -0.115. The monoisotopic (exact) mass is 316 g/mol. The second-order valence-corrected chi connectivity index (χ2v) is 5.95. The molecule has 2 aromatic carbocycles. The Hall–Kier alpha value is -2.34. The van der Waals surface area contributed by atoms with E-state index in [-0.39, 0.29) is 12.7 Å². The first-order chi connectivity index (χ1) is 10.7. The van der Waals surface area contributed by atoms with Crippen LogP contribution in [0.15, 0.2) is 47.4 Å². The fraction of sp³-hybridized carbons (Fsp3) is 0.188. The third-order valence-electron chi connectivity index (χ3n) is 3.13.